The molecule has 0 amide bonds. The number of aromatic nitrogens is 1. The van der Waals surface area contributed by atoms with Crippen molar-refractivity contribution in [1.82, 2.24) is 4.98 Å². The topological polar surface area (TPSA) is 15.8 Å². The number of nitrogens with one attached hydrogen (secondary N) is 1. The van der Waals surface area contributed by atoms with E-state index in [0.717, 1.165) is 0 Å². The molecule has 0 aromatic carbocycles. The molecule has 64 valence electrons. The largest absolute Gasteiger partial charge is 0.365 e. The van der Waals surface area contributed by atoms with Crippen molar-refractivity contribution in [3.63, 3.8) is 0 Å². The Bertz CT molecular complexity index is 304. The predicted molar refractivity (Wildman–Crippen MR) is 52.1 cm³/mol. The van der Waals surface area contributed by atoms with Gasteiger partial charge >= 0.3 is 0 Å². The fourth-order valence-electron chi connectivity index (χ4n) is 1.69. The average Bonchev–Trinajstić information content (AvgIpc) is 2.31. The van der Waals surface area contributed by atoms with Crippen molar-refractivity contribution in [2.75, 3.05) is 0 Å². The summed E-state index contributed by atoms with van der Waals surface area (Å²) in [6.07, 6.45) is 7.48. The van der Waals surface area contributed by atoms with Gasteiger partial charge in [-0.2, -0.15) is 0 Å². The third kappa shape index (κ3) is 1.25. The highest BCUT2D eigenvalue weighted by Crippen LogP contribution is 2.27. The lowest BCUT2D eigenvalue weighted by Gasteiger charge is -2.18. The molecular weight excluding hydrogens is 146 g/mol. The van der Waals surface area contributed by atoms with Crippen molar-refractivity contribution < 1.29 is 0 Å². The van der Waals surface area contributed by atoms with Gasteiger partial charge in [0.2, 0.25) is 0 Å². The van der Waals surface area contributed by atoms with Crippen LogP contribution in [0.2, 0.25) is 0 Å². The zero-order valence-electron chi connectivity index (χ0n) is 8.15. The highest BCUT2D eigenvalue weighted by atomic mass is 14.7. The van der Waals surface area contributed by atoms with E-state index in [1.165, 1.54) is 16.8 Å². The fourth-order valence-corrected chi connectivity index (χ4v) is 1.69. The molecule has 0 bridgehead atoms. The van der Waals surface area contributed by atoms with Crippen LogP contribution in [0.15, 0.2) is 6.20 Å². The summed E-state index contributed by atoms with van der Waals surface area (Å²) in [6, 6.07) is 0. The molecule has 0 saturated carbocycles. The summed E-state index contributed by atoms with van der Waals surface area (Å²) in [5.41, 5.74) is 3.52. The van der Waals surface area contributed by atoms with Gasteiger partial charge in [-0.05, 0) is 38.8 Å². The molecular formula is C11H15N. The maximum absolute atomic E-state index is 5.47. The second kappa shape index (κ2) is 2.71. The highest BCUT2D eigenvalue weighted by molar-refractivity contribution is 5.40. The second-order valence-corrected chi connectivity index (χ2v) is 3.74. The number of H-pyrrole nitrogens is 1. The molecule has 1 nitrogen and oxygen atoms in total. The van der Waals surface area contributed by atoms with E-state index in [1.54, 1.807) is 0 Å². The predicted octanol–water partition coefficient (Wildman–Crippen LogP) is 2.54. The first-order valence-corrected chi connectivity index (χ1v) is 4.12. The first kappa shape index (κ1) is 8.93. The Morgan fingerprint density at radius 2 is 2.00 bits per heavy atom. The van der Waals surface area contributed by atoms with E-state index in [4.69, 9.17) is 6.42 Å². The van der Waals surface area contributed by atoms with Gasteiger partial charge in [0, 0.05) is 11.9 Å². The van der Waals surface area contributed by atoms with Gasteiger partial charge in [0.1, 0.15) is 0 Å². The number of hydrogen-bond acceptors (Lipinski definition) is 0. The molecule has 1 heterocycles. The molecule has 0 spiro atoms. The maximum Gasteiger partial charge on any atom is 0.0524 e. The summed E-state index contributed by atoms with van der Waals surface area (Å²) in [4.78, 5) is 3.18. The minimum Gasteiger partial charge on any atom is -0.365 e. The van der Waals surface area contributed by atoms with Gasteiger partial charge in [-0.15, -0.1) is 6.42 Å². The Hall–Kier alpha value is -1.16. The lowest BCUT2D eigenvalue weighted by molar-refractivity contribution is 0.689. The van der Waals surface area contributed by atoms with E-state index in [-0.39, 0.29) is 5.41 Å². The Kier molecular flexibility index (Phi) is 2.02. The minimum atomic E-state index is -0.159. The minimum absolute atomic E-state index is 0.159. The van der Waals surface area contributed by atoms with Crippen LogP contribution < -0.4 is 0 Å². The molecule has 1 aromatic rings. The number of rotatable bonds is 1. The molecule has 1 rings (SSSR count). The second-order valence-electron chi connectivity index (χ2n) is 3.74. The molecule has 0 unspecified atom stereocenters. The fraction of sp³-hybridized carbons (Fsp3) is 0.455. The summed E-state index contributed by atoms with van der Waals surface area (Å²) in [6.45, 7) is 8.27. The molecule has 0 saturated heterocycles. The summed E-state index contributed by atoms with van der Waals surface area (Å²) < 4.78 is 0. The van der Waals surface area contributed by atoms with Gasteiger partial charge < -0.3 is 4.98 Å². The maximum atomic E-state index is 5.47. The lowest BCUT2D eigenvalue weighted by Crippen LogP contribution is -2.15. The van der Waals surface area contributed by atoms with Crippen molar-refractivity contribution in [3.05, 3.63) is 23.0 Å². The van der Waals surface area contributed by atoms with E-state index in [1.807, 2.05) is 6.20 Å². The van der Waals surface area contributed by atoms with Crippen LogP contribution in [0.25, 0.3) is 0 Å². The van der Waals surface area contributed by atoms with E-state index in [9.17, 15) is 0 Å². The van der Waals surface area contributed by atoms with Crippen molar-refractivity contribution in [2.24, 2.45) is 0 Å². The van der Waals surface area contributed by atoms with Crippen molar-refractivity contribution >= 4 is 0 Å². The zero-order chi connectivity index (χ0) is 9.35. The molecule has 0 aliphatic heterocycles. The molecule has 1 aromatic heterocycles. The molecule has 0 aliphatic rings. The van der Waals surface area contributed by atoms with Crippen molar-refractivity contribution in [2.45, 2.75) is 33.1 Å². The zero-order valence-corrected chi connectivity index (χ0v) is 8.15. The smallest absolute Gasteiger partial charge is 0.0524 e. The monoisotopic (exact) mass is 161 g/mol. The number of aromatic amines is 1. The SMILES string of the molecule is C#CC(C)(C)c1c(C)c[nH]c1C. The summed E-state index contributed by atoms with van der Waals surface area (Å²) in [5, 5.41) is 0. The summed E-state index contributed by atoms with van der Waals surface area (Å²) in [7, 11) is 0. The highest BCUT2D eigenvalue weighted by Gasteiger charge is 2.22. The standard InChI is InChI=1S/C11H15N/c1-6-11(4,5)10-8(2)7-12-9(10)3/h1,7,12H,2-5H3. The van der Waals surface area contributed by atoms with Crippen molar-refractivity contribution in [1.29, 1.82) is 0 Å². The van der Waals surface area contributed by atoms with Crippen LogP contribution in [-0.2, 0) is 5.41 Å². The Labute approximate surface area is 74.2 Å². The van der Waals surface area contributed by atoms with Gasteiger partial charge in [0.05, 0.1) is 5.41 Å². The lowest BCUT2D eigenvalue weighted by atomic mass is 9.83. The van der Waals surface area contributed by atoms with Crippen LogP contribution in [0.5, 0.6) is 0 Å². The van der Waals surface area contributed by atoms with Crippen LogP contribution in [-0.4, -0.2) is 4.98 Å². The Morgan fingerprint density at radius 3 is 2.33 bits per heavy atom. The van der Waals surface area contributed by atoms with Gasteiger partial charge in [0.25, 0.3) is 0 Å². The number of aryl methyl sites for hydroxylation is 2. The van der Waals surface area contributed by atoms with Crippen molar-refractivity contribution in [3.8, 4) is 12.3 Å². The first-order chi connectivity index (χ1) is 5.49. The molecule has 0 radical (unpaired) electrons. The van der Waals surface area contributed by atoms with Crippen LogP contribution in [0.1, 0.15) is 30.7 Å². The molecule has 12 heavy (non-hydrogen) atoms. The summed E-state index contributed by atoms with van der Waals surface area (Å²) in [5.74, 6) is 2.81. The van der Waals surface area contributed by atoms with Gasteiger partial charge in [-0.1, -0.05) is 5.92 Å². The number of hydrogen-bond donors (Lipinski definition) is 1. The molecule has 1 N–H and O–H groups in total. The normalized spacial score (nSPS) is 11.2. The van der Waals surface area contributed by atoms with Gasteiger partial charge in [0.15, 0.2) is 0 Å². The van der Waals surface area contributed by atoms with Gasteiger partial charge in [-0.25, -0.2) is 0 Å². The van der Waals surface area contributed by atoms with Crippen LogP contribution >= 0.6 is 0 Å². The van der Waals surface area contributed by atoms with E-state index in [2.05, 4.69) is 38.6 Å². The Morgan fingerprint density at radius 1 is 1.42 bits per heavy atom. The van der Waals surface area contributed by atoms with Crippen LogP contribution in [0.3, 0.4) is 0 Å². The molecule has 1 heteroatoms. The third-order valence-electron chi connectivity index (χ3n) is 2.26. The van der Waals surface area contributed by atoms with Gasteiger partial charge in [-0.3, -0.25) is 0 Å². The third-order valence-corrected chi connectivity index (χ3v) is 2.26. The molecule has 0 fully saturated rings. The molecule has 0 aliphatic carbocycles. The van der Waals surface area contributed by atoms with Crippen LogP contribution in [0.4, 0.5) is 0 Å². The van der Waals surface area contributed by atoms with E-state index in [0.29, 0.717) is 0 Å². The molecule has 0 atom stereocenters. The van der Waals surface area contributed by atoms with E-state index >= 15 is 0 Å². The Balaban J connectivity index is 3.28. The van der Waals surface area contributed by atoms with E-state index < -0.39 is 0 Å². The number of terminal acetylenes is 1. The van der Waals surface area contributed by atoms with Crippen LogP contribution in [0, 0.1) is 26.2 Å². The average molecular weight is 161 g/mol. The summed E-state index contributed by atoms with van der Waals surface area (Å²) >= 11 is 0. The first-order valence-electron chi connectivity index (χ1n) is 4.12. The quantitative estimate of drug-likeness (QED) is 0.609.